The normalized spacial score (nSPS) is 14.3. The van der Waals surface area contributed by atoms with Crippen molar-refractivity contribution in [3.63, 3.8) is 0 Å². The number of morpholine rings is 1. The number of hydrogen-bond donors (Lipinski definition) is 2. The Morgan fingerprint density at radius 1 is 1.05 bits per heavy atom. The van der Waals surface area contributed by atoms with Crippen LogP contribution in [0, 0.1) is 0 Å². The van der Waals surface area contributed by atoms with Crippen LogP contribution < -0.4 is 20.1 Å². The number of rotatable bonds is 11. The van der Waals surface area contributed by atoms with Gasteiger partial charge in [-0.3, -0.25) is 10.1 Å². The molecule has 1 amide bonds. The highest BCUT2D eigenvalue weighted by atomic mass is 32.2. The van der Waals surface area contributed by atoms with Gasteiger partial charge in [0.05, 0.1) is 31.3 Å². The summed E-state index contributed by atoms with van der Waals surface area (Å²) in [7, 11) is -3.55. The van der Waals surface area contributed by atoms with E-state index in [9.17, 15) is 13.2 Å². The lowest BCUT2D eigenvalue weighted by Crippen LogP contribution is -2.40. The number of carbonyl (C=O) groups excluding carboxylic acids is 1. The number of thiocarbonyl (C=S) groups is 1. The van der Waals surface area contributed by atoms with Crippen LogP contribution in [0.3, 0.4) is 0 Å². The number of benzene rings is 2. The average molecular weight is 548 g/mol. The van der Waals surface area contributed by atoms with Gasteiger partial charge in [0.25, 0.3) is 0 Å². The van der Waals surface area contributed by atoms with E-state index in [1.54, 1.807) is 18.2 Å². The number of carbonyl (C=O) groups is 1. The van der Waals surface area contributed by atoms with Gasteiger partial charge in [0.1, 0.15) is 0 Å². The van der Waals surface area contributed by atoms with E-state index in [0.717, 1.165) is 5.56 Å². The van der Waals surface area contributed by atoms with Crippen molar-refractivity contribution in [2.75, 3.05) is 46.1 Å². The van der Waals surface area contributed by atoms with Gasteiger partial charge in [-0.15, -0.1) is 0 Å². The molecule has 0 spiro atoms. The van der Waals surface area contributed by atoms with E-state index in [4.69, 9.17) is 26.4 Å². The molecule has 0 aliphatic carbocycles. The monoisotopic (exact) mass is 547 g/mol. The zero-order valence-corrected chi connectivity index (χ0v) is 22.7. The van der Waals surface area contributed by atoms with E-state index in [2.05, 4.69) is 10.6 Å². The van der Waals surface area contributed by atoms with Crippen molar-refractivity contribution in [1.82, 2.24) is 14.9 Å². The van der Waals surface area contributed by atoms with Crippen molar-refractivity contribution in [3.8, 4) is 11.5 Å². The van der Waals surface area contributed by atoms with Crippen LogP contribution in [0.1, 0.15) is 25.0 Å². The van der Waals surface area contributed by atoms with Crippen LogP contribution in [0.5, 0.6) is 11.5 Å². The molecule has 37 heavy (non-hydrogen) atoms. The minimum atomic E-state index is -3.55. The SMILES string of the molecule is CCOc1ccc(CCNC(=S)NC(=O)C=Cc2ccc(S(=O)(=O)N3CCOCC3)cc2)cc1OCC. The summed E-state index contributed by atoms with van der Waals surface area (Å²) < 4.78 is 43.3. The molecule has 0 bridgehead atoms. The molecule has 200 valence electrons. The van der Waals surface area contributed by atoms with Gasteiger partial charge in [-0.1, -0.05) is 18.2 Å². The van der Waals surface area contributed by atoms with Gasteiger partial charge in [0, 0.05) is 25.7 Å². The Labute approximate surface area is 223 Å². The van der Waals surface area contributed by atoms with Crippen molar-refractivity contribution in [1.29, 1.82) is 0 Å². The highest BCUT2D eigenvalue weighted by Crippen LogP contribution is 2.28. The molecule has 0 atom stereocenters. The third-order valence-corrected chi connectivity index (χ3v) is 7.62. The van der Waals surface area contributed by atoms with Crippen LogP contribution in [0.25, 0.3) is 6.08 Å². The van der Waals surface area contributed by atoms with Gasteiger partial charge in [-0.25, -0.2) is 8.42 Å². The summed E-state index contributed by atoms with van der Waals surface area (Å²) in [6.07, 6.45) is 3.62. The molecule has 1 saturated heterocycles. The lowest BCUT2D eigenvalue weighted by Gasteiger charge is -2.26. The standard InChI is InChI=1S/C26H33N3O6S2/c1-3-34-23-11-7-21(19-24(23)35-4-2)13-14-27-26(36)28-25(30)12-8-20-5-9-22(10-6-20)37(31,32)29-15-17-33-18-16-29/h5-12,19H,3-4,13-18H2,1-2H3,(H2,27,28,30,36). The van der Waals surface area contributed by atoms with E-state index in [0.29, 0.717) is 69.5 Å². The minimum Gasteiger partial charge on any atom is -0.490 e. The molecule has 1 heterocycles. The quantitative estimate of drug-likeness (QED) is 0.327. The maximum atomic E-state index is 12.7. The Hall–Kier alpha value is -2.99. The zero-order valence-electron chi connectivity index (χ0n) is 21.1. The molecule has 1 fully saturated rings. The molecule has 11 heteroatoms. The Balaban J connectivity index is 1.46. The largest absolute Gasteiger partial charge is 0.490 e. The molecule has 0 unspecified atom stereocenters. The van der Waals surface area contributed by atoms with E-state index < -0.39 is 10.0 Å². The molecule has 0 radical (unpaired) electrons. The second-order valence-corrected chi connectivity index (χ2v) is 10.4. The maximum Gasteiger partial charge on any atom is 0.250 e. The highest BCUT2D eigenvalue weighted by molar-refractivity contribution is 7.89. The van der Waals surface area contributed by atoms with E-state index >= 15 is 0 Å². The number of hydrogen-bond acceptors (Lipinski definition) is 7. The second-order valence-electron chi connectivity index (χ2n) is 8.06. The average Bonchev–Trinajstić information content (AvgIpc) is 2.90. The molecule has 1 aliphatic heterocycles. The summed E-state index contributed by atoms with van der Waals surface area (Å²) in [5, 5.41) is 5.85. The fourth-order valence-corrected chi connectivity index (χ4v) is 5.24. The van der Waals surface area contributed by atoms with Crippen molar-refractivity contribution in [2.24, 2.45) is 0 Å². The van der Waals surface area contributed by atoms with Crippen LogP contribution in [0.4, 0.5) is 0 Å². The van der Waals surface area contributed by atoms with Gasteiger partial charge in [0.2, 0.25) is 15.9 Å². The predicted molar refractivity (Wildman–Crippen MR) is 146 cm³/mol. The van der Waals surface area contributed by atoms with Crippen LogP contribution in [-0.2, 0) is 26.0 Å². The molecular weight excluding hydrogens is 514 g/mol. The summed E-state index contributed by atoms with van der Waals surface area (Å²) in [6, 6.07) is 12.2. The Bertz CT molecular complexity index is 1190. The molecule has 2 N–H and O–H groups in total. The molecule has 0 aromatic heterocycles. The topological polar surface area (TPSA) is 106 Å². The highest BCUT2D eigenvalue weighted by Gasteiger charge is 2.25. The first-order valence-electron chi connectivity index (χ1n) is 12.2. The third-order valence-electron chi connectivity index (χ3n) is 5.46. The second kappa shape index (κ2) is 14.1. The first-order chi connectivity index (χ1) is 17.8. The number of nitrogens with one attached hydrogen (secondary N) is 2. The van der Waals surface area contributed by atoms with Gasteiger partial charge in [-0.05, 0) is 74.0 Å². The number of sulfonamides is 1. The first-order valence-corrected chi connectivity index (χ1v) is 14.0. The molecule has 2 aromatic carbocycles. The zero-order chi connectivity index (χ0) is 26.7. The Kier molecular flexibility index (Phi) is 10.9. The number of amides is 1. The minimum absolute atomic E-state index is 0.210. The van der Waals surface area contributed by atoms with E-state index in [1.807, 2.05) is 32.0 Å². The van der Waals surface area contributed by atoms with Crippen LogP contribution in [0.15, 0.2) is 53.4 Å². The fourth-order valence-electron chi connectivity index (χ4n) is 3.63. The van der Waals surface area contributed by atoms with E-state index in [1.165, 1.54) is 22.5 Å². The Morgan fingerprint density at radius 2 is 1.73 bits per heavy atom. The van der Waals surface area contributed by atoms with Gasteiger partial charge < -0.3 is 19.5 Å². The summed E-state index contributed by atoms with van der Waals surface area (Å²) in [5.74, 6) is 1.03. The maximum absolute atomic E-state index is 12.7. The third kappa shape index (κ3) is 8.53. The number of ether oxygens (including phenoxy) is 3. The van der Waals surface area contributed by atoms with Gasteiger partial charge >= 0.3 is 0 Å². The first kappa shape index (κ1) is 28.6. The molecule has 0 saturated carbocycles. The van der Waals surface area contributed by atoms with Crippen molar-refractivity contribution >= 4 is 39.3 Å². The smallest absolute Gasteiger partial charge is 0.250 e. The summed E-state index contributed by atoms with van der Waals surface area (Å²) in [5.41, 5.74) is 1.74. The lowest BCUT2D eigenvalue weighted by molar-refractivity contribution is -0.115. The van der Waals surface area contributed by atoms with E-state index in [-0.39, 0.29) is 15.9 Å². The molecule has 2 aromatic rings. The lowest BCUT2D eigenvalue weighted by atomic mass is 10.1. The molecule has 9 nitrogen and oxygen atoms in total. The van der Waals surface area contributed by atoms with Crippen molar-refractivity contribution in [3.05, 3.63) is 59.7 Å². The molecular formula is C26H33N3O6S2. The number of nitrogens with zero attached hydrogens (tertiary/aromatic N) is 1. The Morgan fingerprint density at radius 3 is 2.41 bits per heavy atom. The summed E-state index contributed by atoms with van der Waals surface area (Å²) >= 11 is 5.22. The van der Waals surface area contributed by atoms with Crippen LogP contribution >= 0.6 is 12.2 Å². The molecule has 1 aliphatic rings. The van der Waals surface area contributed by atoms with Crippen LogP contribution in [0.2, 0.25) is 0 Å². The summed E-state index contributed by atoms with van der Waals surface area (Å²) in [6.45, 7) is 6.94. The van der Waals surface area contributed by atoms with Gasteiger partial charge in [0.15, 0.2) is 16.6 Å². The summed E-state index contributed by atoms with van der Waals surface area (Å²) in [4.78, 5) is 12.4. The van der Waals surface area contributed by atoms with Crippen LogP contribution in [-0.4, -0.2) is 69.8 Å². The van der Waals surface area contributed by atoms with Crippen molar-refractivity contribution in [2.45, 2.75) is 25.2 Å². The van der Waals surface area contributed by atoms with Crippen molar-refractivity contribution < 1.29 is 27.4 Å². The van der Waals surface area contributed by atoms with Gasteiger partial charge in [-0.2, -0.15) is 4.31 Å². The molecule has 3 rings (SSSR count). The predicted octanol–water partition coefficient (Wildman–Crippen LogP) is 2.75. The fraction of sp³-hybridized carbons (Fsp3) is 0.385.